The molecule has 0 unspecified atom stereocenters. The second-order valence-corrected chi connectivity index (χ2v) is 5.77. The molecule has 7 heteroatoms. The van der Waals surface area contributed by atoms with Gasteiger partial charge in [-0.05, 0) is 41.6 Å². The summed E-state index contributed by atoms with van der Waals surface area (Å²) in [6.07, 6.45) is 2.70. The Labute approximate surface area is 137 Å². The Hall–Kier alpha value is -2.67. The van der Waals surface area contributed by atoms with Crippen LogP contribution in [0.5, 0.6) is 0 Å². The summed E-state index contributed by atoms with van der Waals surface area (Å²) in [5, 5.41) is 16.3. The number of anilines is 1. The van der Waals surface area contributed by atoms with Crippen LogP contribution in [0.2, 0.25) is 0 Å². The average Bonchev–Trinajstić information content (AvgIpc) is 2.95. The summed E-state index contributed by atoms with van der Waals surface area (Å²) in [5.74, 6) is -0.511. The summed E-state index contributed by atoms with van der Waals surface area (Å²) in [6.45, 7) is 2.53. The number of rotatable bonds is 6. The Balaban J connectivity index is 2.19. The minimum Gasteiger partial charge on any atom is -0.466 e. The van der Waals surface area contributed by atoms with Gasteiger partial charge in [-0.1, -0.05) is 6.07 Å². The number of carbonyl (C=O) groups is 1. The number of aryl methyl sites for hydroxylation is 1. The molecule has 120 valence electrons. The SMILES string of the molecule is COC(=O)C=Cc1ccc(NCc2sccc2C)c([N+](=O)[O-])c1. The number of esters is 1. The van der Waals surface area contributed by atoms with E-state index in [0.717, 1.165) is 10.4 Å². The molecule has 0 amide bonds. The molecule has 2 aromatic rings. The third-order valence-corrected chi connectivity index (χ3v) is 4.26. The molecule has 0 radical (unpaired) electrons. The molecule has 6 nitrogen and oxygen atoms in total. The first-order valence-electron chi connectivity index (χ1n) is 6.82. The van der Waals surface area contributed by atoms with Crippen LogP contribution in [0, 0.1) is 17.0 Å². The molecule has 0 bridgehead atoms. The number of ether oxygens (including phenoxy) is 1. The quantitative estimate of drug-likeness (QED) is 0.377. The zero-order valence-electron chi connectivity index (χ0n) is 12.7. The molecular formula is C16H16N2O4S. The summed E-state index contributed by atoms with van der Waals surface area (Å²) in [4.78, 5) is 23.0. The van der Waals surface area contributed by atoms with Crippen LogP contribution in [-0.4, -0.2) is 18.0 Å². The molecular weight excluding hydrogens is 316 g/mol. The molecule has 0 fully saturated rings. The number of hydrogen-bond acceptors (Lipinski definition) is 6. The number of nitrogens with zero attached hydrogens (tertiary/aromatic N) is 1. The van der Waals surface area contributed by atoms with Gasteiger partial charge >= 0.3 is 5.97 Å². The van der Waals surface area contributed by atoms with Gasteiger partial charge in [-0.15, -0.1) is 11.3 Å². The maximum atomic E-state index is 11.2. The second-order valence-electron chi connectivity index (χ2n) is 4.77. The summed E-state index contributed by atoms with van der Waals surface area (Å²) < 4.78 is 4.49. The second kappa shape index (κ2) is 7.55. The van der Waals surface area contributed by atoms with Crippen molar-refractivity contribution in [3.63, 3.8) is 0 Å². The van der Waals surface area contributed by atoms with E-state index in [-0.39, 0.29) is 5.69 Å². The molecule has 0 aliphatic heterocycles. The minimum atomic E-state index is -0.511. The summed E-state index contributed by atoms with van der Waals surface area (Å²) >= 11 is 1.61. The standard InChI is InChI=1S/C16H16N2O4S/c1-11-7-8-23-15(11)10-17-13-5-3-12(4-6-16(19)22-2)9-14(13)18(20)21/h3-9,17H,10H2,1-2H3. The predicted molar refractivity (Wildman–Crippen MR) is 90.5 cm³/mol. The number of carbonyl (C=O) groups excluding carboxylic acids is 1. The van der Waals surface area contributed by atoms with Gasteiger partial charge < -0.3 is 10.1 Å². The maximum absolute atomic E-state index is 11.2. The van der Waals surface area contributed by atoms with Gasteiger partial charge in [0.1, 0.15) is 5.69 Å². The molecule has 0 atom stereocenters. The zero-order chi connectivity index (χ0) is 16.8. The smallest absolute Gasteiger partial charge is 0.330 e. The lowest BCUT2D eigenvalue weighted by Gasteiger charge is -2.07. The van der Waals surface area contributed by atoms with E-state index in [2.05, 4.69) is 10.1 Å². The molecule has 1 aromatic heterocycles. The zero-order valence-corrected chi connectivity index (χ0v) is 13.6. The van der Waals surface area contributed by atoms with E-state index in [9.17, 15) is 14.9 Å². The maximum Gasteiger partial charge on any atom is 0.330 e. The van der Waals surface area contributed by atoms with Crippen LogP contribution in [0.3, 0.4) is 0 Å². The van der Waals surface area contributed by atoms with Gasteiger partial charge in [0, 0.05) is 23.6 Å². The van der Waals surface area contributed by atoms with Gasteiger partial charge in [0.15, 0.2) is 0 Å². The van der Waals surface area contributed by atoms with Crippen molar-refractivity contribution < 1.29 is 14.5 Å². The molecule has 1 N–H and O–H groups in total. The first-order valence-corrected chi connectivity index (χ1v) is 7.70. The van der Waals surface area contributed by atoms with Gasteiger partial charge in [0.05, 0.1) is 12.0 Å². The normalized spacial score (nSPS) is 10.7. The molecule has 1 aromatic carbocycles. The van der Waals surface area contributed by atoms with E-state index >= 15 is 0 Å². The van der Waals surface area contributed by atoms with Crippen molar-refractivity contribution in [2.24, 2.45) is 0 Å². The van der Waals surface area contributed by atoms with E-state index in [1.165, 1.54) is 25.3 Å². The number of benzene rings is 1. The molecule has 0 saturated carbocycles. The van der Waals surface area contributed by atoms with E-state index in [1.54, 1.807) is 23.5 Å². The Morgan fingerprint density at radius 3 is 2.83 bits per heavy atom. The predicted octanol–water partition coefficient (Wildman–Crippen LogP) is 3.76. The first kappa shape index (κ1) is 16.7. The topological polar surface area (TPSA) is 81.5 Å². The van der Waals surface area contributed by atoms with Crippen molar-refractivity contribution in [2.45, 2.75) is 13.5 Å². The van der Waals surface area contributed by atoms with Crippen molar-refractivity contribution >= 4 is 34.8 Å². The highest BCUT2D eigenvalue weighted by molar-refractivity contribution is 7.10. The van der Waals surface area contributed by atoms with Crippen LogP contribution >= 0.6 is 11.3 Å². The van der Waals surface area contributed by atoms with Gasteiger partial charge in [-0.2, -0.15) is 0 Å². The Morgan fingerprint density at radius 1 is 1.43 bits per heavy atom. The van der Waals surface area contributed by atoms with Crippen molar-refractivity contribution in [1.82, 2.24) is 0 Å². The highest BCUT2D eigenvalue weighted by atomic mass is 32.1. The highest BCUT2D eigenvalue weighted by Crippen LogP contribution is 2.27. The molecule has 23 heavy (non-hydrogen) atoms. The Kier molecular flexibility index (Phi) is 5.48. The van der Waals surface area contributed by atoms with E-state index in [1.807, 2.05) is 18.4 Å². The molecule has 0 saturated heterocycles. The fraction of sp³-hybridized carbons (Fsp3) is 0.188. The average molecular weight is 332 g/mol. The van der Waals surface area contributed by atoms with Crippen LogP contribution in [0.4, 0.5) is 11.4 Å². The third-order valence-electron chi connectivity index (χ3n) is 3.24. The fourth-order valence-corrected chi connectivity index (χ4v) is 2.79. The number of methoxy groups -OCH3 is 1. The minimum absolute atomic E-state index is 0.0359. The summed E-state index contributed by atoms with van der Waals surface area (Å²) in [5.41, 5.74) is 2.12. The van der Waals surface area contributed by atoms with Gasteiger partial charge in [-0.3, -0.25) is 10.1 Å². The van der Waals surface area contributed by atoms with Crippen LogP contribution in [0.15, 0.2) is 35.7 Å². The van der Waals surface area contributed by atoms with Crippen molar-refractivity contribution in [3.8, 4) is 0 Å². The third kappa shape index (κ3) is 4.40. The van der Waals surface area contributed by atoms with Crippen molar-refractivity contribution in [2.75, 3.05) is 12.4 Å². The van der Waals surface area contributed by atoms with Crippen LogP contribution in [-0.2, 0) is 16.1 Å². The summed E-state index contributed by atoms with van der Waals surface area (Å²) in [7, 11) is 1.27. The van der Waals surface area contributed by atoms with Crippen LogP contribution in [0.1, 0.15) is 16.0 Å². The van der Waals surface area contributed by atoms with Crippen molar-refractivity contribution in [3.05, 3.63) is 61.8 Å². The van der Waals surface area contributed by atoms with E-state index < -0.39 is 10.9 Å². The van der Waals surface area contributed by atoms with Crippen LogP contribution in [0.25, 0.3) is 6.08 Å². The van der Waals surface area contributed by atoms with E-state index in [0.29, 0.717) is 17.8 Å². The number of hydrogen-bond donors (Lipinski definition) is 1. The highest BCUT2D eigenvalue weighted by Gasteiger charge is 2.14. The lowest BCUT2D eigenvalue weighted by atomic mass is 10.1. The molecule has 1 heterocycles. The summed E-state index contributed by atoms with van der Waals surface area (Å²) in [6, 6.07) is 6.77. The fourth-order valence-electron chi connectivity index (χ4n) is 1.95. The molecule has 0 aliphatic carbocycles. The van der Waals surface area contributed by atoms with Crippen LogP contribution < -0.4 is 5.32 Å². The molecule has 2 rings (SSSR count). The largest absolute Gasteiger partial charge is 0.466 e. The Morgan fingerprint density at radius 2 is 2.22 bits per heavy atom. The number of nitro benzene ring substituents is 1. The first-order chi connectivity index (χ1) is 11.0. The molecule has 0 aliphatic rings. The van der Waals surface area contributed by atoms with Gasteiger partial charge in [-0.25, -0.2) is 4.79 Å². The monoisotopic (exact) mass is 332 g/mol. The number of nitro groups is 1. The number of thiophene rings is 1. The molecule has 0 spiro atoms. The number of nitrogens with one attached hydrogen (secondary N) is 1. The van der Waals surface area contributed by atoms with E-state index in [4.69, 9.17) is 0 Å². The Bertz CT molecular complexity index is 752. The lowest BCUT2D eigenvalue weighted by molar-refractivity contribution is -0.384. The van der Waals surface area contributed by atoms with Crippen molar-refractivity contribution in [1.29, 1.82) is 0 Å². The van der Waals surface area contributed by atoms with Gasteiger partial charge in [0.25, 0.3) is 5.69 Å². The van der Waals surface area contributed by atoms with Gasteiger partial charge in [0.2, 0.25) is 0 Å². The lowest BCUT2D eigenvalue weighted by Crippen LogP contribution is -2.02.